The van der Waals surface area contributed by atoms with Gasteiger partial charge in [-0.3, -0.25) is 0 Å². The van der Waals surface area contributed by atoms with Crippen molar-refractivity contribution in [1.82, 2.24) is 4.72 Å². The van der Waals surface area contributed by atoms with E-state index in [9.17, 15) is 8.42 Å². The first-order chi connectivity index (χ1) is 14.0. The molecular weight excluding hydrogens is 422 g/mol. The Morgan fingerprint density at radius 2 is 1.62 bits per heavy atom. The van der Waals surface area contributed by atoms with E-state index in [1.54, 1.807) is 35.6 Å². The molecule has 0 atom stereocenters. The number of sulfonamides is 1. The van der Waals surface area contributed by atoms with Crippen LogP contribution >= 0.6 is 22.9 Å². The Balaban J connectivity index is 1.53. The first-order valence-corrected chi connectivity index (χ1v) is 11.8. The van der Waals surface area contributed by atoms with Crippen LogP contribution in [0.4, 0.5) is 0 Å². The van der Waals surface area contributed by atoms with Crippen molar-refractivity contribution in [3.63, 3.8) is 0 Å². The second kappa shape index (κ2) is 8.51. The standard InChI is InChI=1S/C23H18ClNO2S2/c24-21-6-3-5-18(14-21)17-8-10-22(11-9-17)29(26,27)25-15-19-4-1-2-7-23(19)20-12-13-28-16-20/h1-14,16,25H,15H2. The number of rotatable bonds is 6. The van der Waals surface area contributed by atoms with Crippen LogP contribution < -0.4 is 4.72 Å². The van der Waals surface area contributed by atoms with E-state index in [-0.39, 0.29) is 11.4 Å². The fourth-order valence-corrected chi connectivity index (χ4v) is 4.98. The average Bonchev–Trinajstić information content (AvgIpc) is 3.27. The van der Waals surface area contributed by atoms with Crippen LogP contribution in [0.3, 0.4) is 0 Å². The number of hydrogen-bond donors (Lipinski definition) is 1. The Kier molecular flexibility index (Phi) is 5.83. The van der Waals surface area contributed by atoms with Crippen molar-refractivity contribution in [1.29, 1.82) is 0 Å². The average molecular weight is 440 g/mol. The normalized spacial score (nSPS) is 11.5. The van der Waals surface area contributed by atoms with Gasteiger partial charge in [0.25, 0.3) is 0 Å². The Morgan fingerprint density at radius 1 is 0.828 bits per heavy atom. The maximum Gasteiger partial charge on any atom is 0.240 e. The summed E-state index contributed by atoms with van der Waals surface area (Å²) in [6.45, 7) is 0.227. The summed E-state index contributed by atoms with van der Waals surface area (Å²) in [5.41, 5.74) is 4.92. The maximum atomic E-state index is 12.8. The van der Waals surface area contributed by atoms with Crippen LogP contribution in [-0.2, 0) is 16.6 Å². The molecule has 6 heteroatoms. The lowest BCUT2D eigenvalue weighted by molar-refractivity contribution is 0.581. The fourth-order valence-electron chi connectivity index (χ4n) is 3.12. The van der Waals surface area contributed by atoms with Crippen LogP contribution in [0.2, 0.25) is 5.02 Å². The molecule has 1 N–H and O–H groups in total. The van der Waals surface area contributed by atoms with Gasteiger partial charge in [0.2, 0.25) is 10.0 Å². The first kappa shape index (κ1) is 19.9. The van der Waals surface area contributed by atoms with Gasteiger partial charge in [-0.25, -0.2) is 13.1 Å². The topological polar surface area (TPSA) is 46.2 Å². The van der Waals surface area contributed by atoms with Gasteiger partial charge >= 0.3 is 0 Å². The summed E-state index contributed by atoms with van der Waals surface area (Å²) in [6.07, 6.45) is 0. The third kappa shape index (κ3) is 4.60. The van der Waals surface area contributed by atoms with Crippen molar-refractivity contribution < 1.29 is 8.42 Å². The molecule has 0 aliphatic heterocycles. The molecule has 146 valence electrons. The molecule has 0 spiro atoms. The Morgan fingerprint density at radius 3 is 2.34 bits per heavy atom. The lowest BCUT2D eigenvalue weighted by atomic mass is 10.0. The molecule has 1 aromatic heterocycles. The molecule has 0 saturated heterocycles. The van der Waals surface area contributed by atoms with Gasteiger partial charge in [-0.2, -0.15) is 11.3 Å². The fraction of sp³-hybridized carbons (Fsp3) is 0.0435. The van der Waals surface area contributed by atoms with Crippen LogP contribution in [0.25, 0.3) is 22.3 Å². The first-order valence-electron chi connectivity index (χ1n) is 8.99. The molecule has 0 radical (unpaired) electrons. The predicted octanol–water partition coefficient (Wildman–Crippen LogP) is 6.21. The highest BCUT2D eigenvalue weighted by Gasteiger charge is 2.15. The number of hydrogen-bond acceptors (Lipinski definition) is 3. The second-order valence-electron chi connectivity index (χ2n) is 6.53. The van der Waals surface area contributed by atoms with Crippen LogP contribution in [0, 0.1) is 0 Å². The van der Waals surface area contributed by atoms with Gasteiger partial charge in [0.15, 0.2) is 0 Å². The van der Waals surface area contributed by atoms with E-state index in [0.717, 1.165) is 27.8 Å². The van der Waals surface area contributed by atoms with Crippen molar-refractivity contribution in [2.24, 2.45) is 0 Å². The van der Waals surface area contributed by atoms with Crippen molar-refractivity contribution >= 4 is 33.0 Å². The lowest BCUT2D eigenvalue weighted by Gasteiger charge is -2.11. The molecule has 4 aromatic rings. The van der Waals surface area contributed by atoms with Gasteiger partial charge < -0.3 is 0 Å². The van der Waals surface area contributed by atoms with E-state index in [2.05, 4.69) is 10.1 Å². The minimum absolute atomic E-state index is 0.227. The highest BCUT2D eigenvalue weighted by atomic mass is 35.5. The molecule has 0 unspecified atom stereocenters. The number of benzene rings is 3. The molecule has 0 aliphatic carbocycles. The van der Waals surface area contributed by atoms with Crippen molar-refractivity contribution in [2.75, 3.05) is 0 Å². The third-order valence-corrected chi connectivity index (χ3v) is 6.96. The summed E-state index contributed by atoms with van der Waals surface area (Å²) in [6, 6.07) is 24.1. The zero-order valence-corrected chi connectivity index (χ0v) is 17.8. The molecule has 0 aliphatic rings. The van der Waals surface area contributed by atoms with Crippen LogP contribution in [0.1, 0.15) is 5.56 Å². The van der Waals surface area contributed by atoms with E-state index in [1.165, 1.54) is 0 Å². The van der Waals surface area contributed by atoms with Gasteiger partial charge in [0, 0.05) is 11.6 Å². The molecular formula is C23H18ClNO2S2. The molecule has 0 saturated carbocycles. The largest absolute Gasteiger partial charge is 0.240 e. The van der Waals surface area contributed by atoms with Crippen LogP contribution in [0.15, 0.2) is 94.5 Å². The van der Waals surface area contributed by atoms with Crippen molar-refractivity contribution in [3.05, 3.63) is 100 Å². The number of halogens is 1. The van der Waals surface area contributed by atoms with E-state index in [1.807, 2.05) is 60.0 Å². The molecule has 0 bridgehead atoms. The Labute approximate surface area is 179 Å². The van der Waals surface area contributed by atoms with Crippen molar-refractivity contribution in [2.45, 2.75) is 11.4 Å². The predicted molar refractivity (Wildman–Crippen MR) is 121 cm³/mol. The second-order valence-corrected chi connectivity index (χ2v) is 9.51. The third-order valence-electron chi connectivity index (χ3n) is 4.62. The summed E-state index contributed by atoms with van der Waals surface area (Å²) in [5.74, 6) is 0. The summed E-state index contributed by atoms with van der Waals surface area (Å²) in [4.78, 5) is 0.233. The maximum absolute atomic E-state index is 12.8. The summed E-state index contributed by atoms with van der Waals surface area (Å²) in [7, 11) is -3.62. The minimum atomic E-state index is -3.62. The summed E-state index contributed by atoms with van der Waals surface area (Å²) in [5, 5.41) is 4.71. The summed E-state index contributed by atoms with van der Waals surface area (Å²) >= 11 is 7.66. The molecule has 29 heavy (non-hydrogen) atoms. The highest BCUT2D eigenvalue weighted by molar-refractivity contribution is 7.89. The van der Waals surface area contributed by atoms with Gasteiger partial charge in [-0.15, -0.1) is 0 Å². The van der Waals surface area contributed by atoms with Gasteiger partial charge in [-0.05, 0) is 68.9 Å². The van der Waals surface area contributed by atoms with E-state index < -0.39 is 10.0 Å². The van der Waals surface area contributed by atoms with Crippen LogP contribution in [-0.4, -0.2) is 8.42 Å². The zero-order chi connectivity index (χ0) is 20.3. The van der Waals surface area contributed by atoms with Gasteiger partial charge in [0.1, 0.15) is 0 Å². The van der Waals surface area contributed by atoms with E-state index in [4.69, 9.17) is 11.6 Å². The van der Waals surface area contributed by atoms with Gasteiger partial charge in [-0.1, -0.05) is 60.1 Å². The quantitative estimate of drug-likeness (QED) is 0.388. The van der Waals surface area contributed by atoms with Gasteiger partial charge in [0.05, 0.1) is 4.90 Å². The summed E-state index contributed by atoms with van der Waals surface area (Å²) < 4.78 is 28.3. The molecule has 0 amide bonds. The van der Waals surface area contributed by atoms with E-state index in [0.29, 0.717) is 5.02 Å². The lowest BCUT2D eigenvalue weighted by Crippen LogP contribution is -2.23. The SMILES string of the molecule is O=S(=O)(NCc1ccccc1-c1ccsc1)c1ccc(-c2cccc(Cl)c2)cc1. The monoisotopic (exact) mass is 439 g/mol. The van der Waals surface area contributed by atoms with Crippen LogP contribution in [0.5, 0.6) is 0 Å². The van der Waals surface area contributed by atoms with E-state index >= 15 is 0 Å². The molecule has 0 fully saturated rings. The zero-order valence-electron chi connectivity index (χ0n) is 15.4. The molecule has 3 aromatic carbocycles. The smallest absolute Gasteiger partial charge is 0.207 e. The van der Waals surface area contributed by atoms with Crippen molar-refractivity contribution in [3.8, 4) is 22.3 Å². The Hall–Kier alpha value is -2.44. The molecule has 3 nitrogen and oxygen atoms in total. The number of nitrogens with one attached hydrogen (secondary N) is 1. The minimum Gasteiger partial charge on any atom is -0.207 e. The highest BCUT2D eigenvalue weighted by Crippen LogP contribution is 2.27. The Bertz CT molecular complexity index is 1220. The molecule has 4 rings (SSSR count). The number of thiophene rings is 1. The molecule has 1 heterocycles.